The molecule has 33 nitrogen and oxygen atoms in total. The molecular weight excluding hydrogens is 1840 g/mol. The fraction of sp³-hybridized carbons (Fsp3) is 0.351. The van der Waals surface area contributed by atoms with Gasteiger partial charge in [-0.05, 0) is 338 Å². The lowest BCUT2D eigenvalue weighted by Gasteiger charge is -2.29. The number of nitrogens with zero attached hydrogens (tertiary/aromatic N) is 24. The first-order valence-corrected chi connectivity index (χ1v) is 51.5. The molecule has 0 unspecified atom stereocenters. The fourth-order valence-corrected chi connectivity index (χ4v) is 21.9. The van der Waals surface area contributed by atoms with Crippen molar-refractivity contribution in [1.29, 1.82) is 0 Å². The second kappa shape index (κ2) is 41.2. The highest BCUT2D eigenvalue weighted by Crippen LogP contribution is 2.36. The number of aromatic nitrogens is 23. The molecule has 2 aromatic carbocycles. The van der Waals surface area contributed by atoms with Gasteiger partial charge in [0.2, 0.25) is 0 Å². The van der Waals surface area contributed by atoms with E-state index >= 15 is 0 Å². The van der Waals surface area contributed by atoms with Gasteiger partial charge in [-0.25, -0.2) is 38.5 Å². The van der Waals surface area contributed by atoms with E-state index in [1.165, 1.54) is 27.8 Å². The summed E-state index contributed by atoms with van der Waals surface area (Å²) in [6, 6.07) is 36.9. The van der Waals surface area contributed by atoms with Crippen LogP contribution in [0.5, 0.6) is 0 Å². The summed E-state index contributed by atoms with van der Waals surface area (Å²) in [5.74, 6) is 1.99. The molecule has 20 aromatic rings. The number of hydrogen-bond acceptors (Lipinski definition) is 23. The number of rotatable bonds is 13. The molecule has 4 fully saturated rings. The molecule has 0 bridgehead atoms. The predicted octanol–water partition coefficient (Wildman–Crippen LogP) is 15.5. The third kappa shape index (κ3) is 20.0. The smallest absolute Gasteiger partial charge is 0.258 e. The van der Waals surface area contributed by atoms with Gasteiger partial charge in [0.15, 0.2) is 0 Å². The topological polar surface area (TPSA) is 349 Å². The van der Waals surface area contributed by atoms with E-state index in [0.717, 1.165) is 265 Å². The van der Waals surface area contributed by atoms with E-state index in [1.807, 2.05) is 190 Å². The summed E-state index contributed by atoms with van der Waals surface area (Å²) in [4.78, 5) is 105. The van der Waals surface area contributed by atoms with Gasteiger partial charge in [0.05, 0.1) is 121 Å². The fourth-order valence-electron chi connectivity index (χ4n) is 21.9. The van der Waals surface area contributed by atoms with Gasteiger partial charge in [0.25, 0.3) is 27.8 Å². The molecule has 23 heterocycles. The van der Waals surface area contributed by atoms with Crippen LogP contribution in [0.3, 0.4) is 0 Å². The summed E-state index contributed by atoms with van der Waals surface area (Å²) in [5.41, 5.74) is 33.5. The van der Waals surface area contributed by atoms with Gasteiger partial charge in [-0.3, -0.25) is 70.3 Å². The second-order valence-electron chi connectivity index (χ2n) is 40.1. The van der Waals surface area contributed by atoms with Crippen molar-refractivity contribution in [2.45, 2.75) is 177 Å². The van der Waals surface area contributed by atoms with Crippen LogP contribution < -0.4 is 49.1 Å². The second-order valence-corrected chi connectivity index (χ2v) is 40.1. The van der Waals surface area contributed by atoms with Gasteiger partial charge in [-0.1, -0.05) is 57.2 Å². The summed E-state index contributed by atoms with van der Waals surface area (Å²) in [7, 11) is 6.03. The largest absolute Gasteiger partial charge is 0.317 e. The number of hydrogen-bond donors (Lipinski definition) is 4. The number of benzene rings is 2. The molecule has 0 saturated carbocycles. The van der Waals surface area contributed by atoms with Crippen molar-refractivity contribution in [1.82, 2.24) is 136 Å². The lowest BCUT2D eigenvalue weighted by atomic mass is 9.90. The molecule has 25 rings (SSSR count). The molecule has 0 aliphatic carbocycles. The summed E-state index contributed by atoms with van der Waals surface area (Å²) < 4.78 is 17.7. The van der Waals surface area contributed by atoms with Crippen molar-refractivity contribution >= 4 is 72.2 Å². The number of piperidine rings is 4. The zero-order valence-corrected chi connectivity index (χ0v) is 86.0. The molecule has 0 atom stereocenters. The highest BCUT2D eigenvalue weighted by atomic mass is 16.1. The summed E-state index contributed by atoms with van der Waals surface area (Å²) in [6.45, 7) is 32.5. The Balaban J connectivity index is 0.000000108. The van der Waals surface area contributed by atoms with E-state index in [-0.39, 0.29) is 27.8 Å². The summed E-state index contributed by atoms with van der Waals surface area (Å²) in [6.07, 6.45) is 33.7. The quantitative estimate of drug-likeness (QED) is 0.0833. The van der Waals surface area contributed by atoms with Gasteiger partial charge < -0.3 is 26.2 Å². The van der Waals surface area contributed by atoms with Crippen molar-refractivity contribution in [2.24, 2.45) is 14.1 Å². The van der Waals surface area contributed by atoms with Crippen LogP contribution in [-0.2, 0) is 33.4 Å². The van der Waals surface area contributed by atoms with E-state index < -0.39 is 0 Å². The molecule has 0 radical (unpaired) electrons. The van der Waals surface area contributed by atoms with Crippen molar-refractivity contribution in [3.63, 3.8) is 0 Å². The van der Waals surface area contributed by atoms with Crippen molar-refractivity contribution in [3.8, 4) is 56.7 Å². The van der Waals surface area contributed by atoms with Crippen LogP contribution in [0, 0.1) is 55.4 Å². The summed E-state index contributed by atoms with van der Waals surface area (Å²) >= 11 is 0. The van der Waals surface area contributed by atoms with E-state index in [2.05, 4.69) is 150 Å². The van der Waals surface area contributed by atoms with E-state index in [9.17, 15) is 24.0 Å². The first-order valence-electron chi connectivity index (χ1n) is 51.5. The van der Waals surface area contributed by atoms with Crippen molar-refractivity contribution < 1.29 is 0 Å². The zero-order valence-electron chi connectivity index (χ0n) is 86.0. The Morgan fingerprint density at radius 3 is 1.16 bits per heavy atom. The number of pyridine rings is 5. The Hall–Kier alpha value is -15.4. The van der Waals surface area contributed by atoms with Crippen LogP contribution in [0.4, 0.5) is 0 Å². The zero-order chi connectivity index (χ0) is 102. The van der Waals surface area contributed by atoms with Crippen molar-refractivity contribution in [2.75, 3.05) is 72.5 Å². The standard InChI is InChI=1S/C24H28N6O.C23H26N6O.C23H24N6O.2C22H23N5O/c1-5-19-22-11-21(27-30(22)13-16(3)25-19)20-12-23(31)29-14-18(10-15(2)24(29)26-20)17-6-8-28(4)9-7-17;2*1-4-18-21-10-20(27-29(21)12-15(3)25-18)19-11-22(30)28-13-17(9-14(2)23(28)26-19)16-5-7-24-8-6-16;1-14-9-17(10-18-12-24-26(2)22(14)18)19-11-21(28)27-13-16(3-4-20(27)25-19)15-5-7-23-8-6-15;1-14-9-18(15-5-7-23-8-6-15)13-27-21(28)11-19(25-22(14)27)16-3-4-20-17(10-16)12-24-26(20)2/h10-14,17H,5-9H2,1-4H3;9-13,16,24H,4-8H2,1-3H3;5,9-13,24H,4,6-8H2,1-3H3;2*3-4,9-13,15,23H,5-8H2,1-2H3. The SMILES string of the molecule is CCc1nc(C)cn2nc(-c3cc(=O)n4cc(C5=CCNCC5)cc(C)c4n3)cc12.CCc1nc(C)cn2nc(-c3cc(=O)n4cc(C5CCN(C)CC5)cc(C)c4n3)cc12.CCc1nc(C)cn2nc(-c3cc(=O)n4cc(C5CCNCC5)cc(C)c4n3)cc12.Cc1cc(-c2cc(=O)n3cc(C4CCNCC4)ccc3n2)cc2cnn(C)c12.Cc1cc(C2CCNCC2)cn2c(=O)cc(-c3ccc4c(cnn4C)c3)nc12. The number of fused-ring (bicyclic) bond motifs is 10. The van der Waals surface area contributed by atoms with E-state index in [0.29, 0.717) is 91.8 Å². The van der Waals surface area contributed by atoms with Gasteiger partial charge >= 0.3 is 0 Å². The average Bonchev–Trinajstić information content (AvgIpc) is 1.74. The minimum atomic E-state index is -0.100. The molecule has 4 N–H and O–H groups in total. The van der Waals surface area contributed by atoms with Crippen molar-refractivity contribution in [3.05, 3.63) is 325 Å². The first-order chi connectivity index (χ1) is 71.2. The molecule has 750 valence electrons. The summed E-state index contributed by atoms with van der Waals surface area (Å²) in [5, 5.41) is 38.3. The Bertz CT molecular complexity index is 8900. The lowest BCUT2D eigenvalue weighted by molar-refractivity contribution is 0.255. The molecule has 5 aliphatic rings. The van der Waals surface area contributed by atoms with Crippen LogP contribution in [0.1, 0.15) is 192 Å². The van der Waals surface area contributed by atoms with Gasteiger partial charge in [0, 0.05) is 104 Å². The maximum absolute atomic E-state index is 13.1. The minimum Gasteiger partial charge on any atom is -0.317 e. The van der Waals surface area contributed by atoms with Gasteiger partial charge in [-0.15, -0.1) is 0 Å². The molecule has 0 amide bonds. The highest BCUT2D eigenvalue weighted by Gasteiger charge is 2.27. The average molecular weight is 1970 g/mol. The van der Waals surface area contributed by atoms with Crippen LogP contribution >= 0.6 is 0 Å². The molecule has 4 saturated heterocycles. The van der Waals surface area contributed by atoms with Gasteiger partial charge in [0.1, 0.15) is 45.3 Å². The molecule has 33 heteroatoms. The number of nitrogens with one attached hydrogen (secondary N) is 4. The molecule has 0 spiro atoms. The van der Waals surface area contributed by atoms with E-state index in [4.69, 9.17) is 24.9 Å². The molecular formula is C114H124N28O5. The molecule has 18 aromatic heterocycles. The lowest BCUT2D eigenvalue weighted by Crippen LogP contribution is -2.29. The van der Waals surface area contributed by atoms with Crippen LogP contribution in [-0.4, -0.2) is 188 Å². The third-order valence-electron chi connectivity index (χ3n) is 29.7. The maximum atomic E-state index is 13.1. The van der Waals surface area contributed by atoms with Gasteiger partial charge in [-0.2, -0.15) is 25.5 Å². The first kappa shape index (κ1) is 97.6. The maximum Gasteiger partial charge on any atom is 0.258 e. The normalized spacial score (nSPS) is 15.3. The predicted molar refractivity (Wildman–Crippen MR) is 578 cm³/mol. The third-order valence-corrected chi connectivity index (χ3v) is 29.7. The minimum absolute atomic E-state index is 0.0369. The van der Waals surface area contributed by atoms with Crippen LogP contribution in [0.15, 0.2) is 207 Å². The van der Waals surface area contributed by atoms with Crippen LogP contribution in [0.25, 0.3) is 129 Å². The monoisotopic (exact) mass is 1970 g/mol. The van der Waals surface area contributed by atoms with E-state index in [1.54, 1.807) is 52.3 Å². The molecule has 5 aliphatic heterocycles. The van der Waals surface area contributed by atoms with Crippen LogP contribution in [0.2, 0.25) is 0 Å². The highest BCUT2D eigenvalue weighted by molar-refractivity contribution is 5.88. The Morgan fingerprint density at radius 2 is 0.707 bits per heavy atom. The molecule has 147 heavy (non-hydrogen) atoms. The Labute approximate surface area is 848 Å². The Morgan fingerprint density at radius 1 is 0.320 bits per heavy atom. The number of likely N-dealkylation sites (tertiary alicyclic amines) is 1. The number of aryl methyl sites for hydroxylation is 13. The Kier molecular flexibility index (Phi) is 27.4.